The maximum absolute atomic E-state index is 11.9. The maximum Gasteiger partial charge on any atom is 0.241 e. The van der Waals surface area contributed by atoms with Crippen LogP contribution in [-0.2, 0) is 4.79 Å². The normalized spacial score (nSPS) is 12.6. The first-order valence-electron chi connectivity index (χ1n) is 6.20. The number of nitrogens with one attached hydrogen (secondary N) is 2. The minimum absolute atomic E-state index is 0.0458. The molecule has 18 heavy (non-hydrogen) atoms. The number of amides is 1. The van der Waals surface area contributed by atoms with E-state index in [0.717, 1.165) is 17.8 Å². The standard InChI is InChI=1S/C14H21ClN2O/c1-9(2)8-16-11(4)14(18)17-12-6-5-10(3)13(15)7-12/h5-7,9,11,16H,8H2,1-4H3,(H,17,18). The van der Waals surface area contributed by atoms with Crippen molar-refractivity contribution in [1.29, 1.82) is 0 Å². The second kappa shape index (κ2) is 6.76. The van der Waals surface area contributed by atoms with E-state index < -0.39 is 0 Å². The lowest BCUT2D eigenvalue weighted by Crippen LogP contribution is -2.39. The van der Waals surface area contributed by atoms with Gasteiger partial charge in [-0.2, -0.15) is 0 Å². The molecule has 0 spiro atoms. The summed E-state index contributed by atoms with van der Waals surface area (Å²) >= 11 is 6.01. The number of rotatable bonds is 5. The number of carbonyl (C=O) groups excluding carboxylic acids is 1. The summed E-state index contributed by atoms with van der Waals surface area (Å²) < 4.78 is 0. The molecule has 1 rings (SSSR count). The molecule has 1 aromatic rings. The molecule has 4 heteroatoms. The van der Waals surface area contributed by atoms with Gasteiger partial charge in [0.2, 0.25) is 5.91 Å². The molecule has 0 aliphatic rings. The molecule has 1 atom stereocenters. The predicted octanol–water partition coefficient (Wildman–Crippen LogP) is 3.22. The van der Waals surface area contributed by atoms with Gasteiger partial charge in [0.25, 0.3) is 0 Å². The quantitative estimate of drug-likeness (QED) is 0.861. The van der Waals surface area contributed by atoms with Crippen LogP contribution in [0.25, 0.3) is 0 Å². The minimum Gasteiger partial charge on any atom is -0.325 e. The van der Waals surface area contributed by atoms with Crippen LogP contribution < -0.4 is 10.6 Å². The molecule has 0 saturated heterocycles. The number of carbonyl (C=O) groups is 1. The lowest BCUT2D eigenvalue weighted by molar-refractivity contribution is -0.117. The lowest BCUT2D eigenvalue weighted by Gasteiger charge is -2.15. The van der Waals surface area contributed by atoms with E-state index in [-0.39, 0.29) is 11.9 Å². The van der Waals surface area contributed by atoms with Gasteiger partial charge in [-0.1, -0.05) is 31.5 Å². The Morgan fingerprint density at radius 3 is 2.56 bits per heavy atom. The van der Waals surface area contributed by atoms with Gasteiger partial charge < -0.3 is 10.6 Å². The molecule has 0 bridgehead atoms. The first-order valence-corrected chi connectivity index (χ1v) is 6.58. The first kappa shape index (κ1) is 15.0. The van der Waals surface area contributed by atoms with Gasteiger partial charge in [-0.25, -0.2) is 0 Å². The van der Waals surface area contributed by atoms with Crippen LogP contribution in [0.4, 0.5) is 5.69 Å². The van der Waals surface area contributed by atoms with Gasteiger partial charge in [0, 0.05) is 10.7 Å². The molecule has 0 fully saturated rings. The number of aryl methyl sites for hydroxylation is 1. The second-order valence-electron chi connectivity index (χ2n) is 4.98. The number of benzene rings is 1. The molecule has 100 valence electrons. The van der Waals surface area contributed by atoms with Crippen molar-refractivity contribution in [3.63, 3.8) is 0 Å². The predicted molar refractivity (Wildman–Crippen MR) is 77.1 cm³/mol. The highest BCUT2D eigenvalue weighted by molar-refractivity contribution is 6.31. The summed E-state index contributed by atoms with van der Waals surface area (Å²) in [5.41, 5.74) is 1.73. The van der Waals surface area contributed by atoms with E-state index >= 15 is 0 Å². The van der Waals surface area contributed by atoms with Gasteiger partial charge in [0.1, 0.15) is 0 Å². The summed E-state index contributed by atoms with van der Waals surface area (Å²) in [6.07, 6.45) is 0. The molecule has 0 radical (unpaired) electrons. The first-order chi connectivity index (χ1) is 8.40. The van der Waals surface area contributed by atoms with Gasteiger partial charge in [-0.15, -0.1) is 0 Å². The largest absolute Gasteiger partial charge is 0.325 e. The highest BCUT2D eigenvalue weighted by Gasteiger charge is 2.12. The SMILES string of the molecule is Cc1ccc(NC(=O)C(C)NCC(C)C)cc1Cl. The number of hydrogen-bond donors (Lipinski definition) is 2. The van der Waals surface area contributed by atoms with Crippen LogP contribution in [0.15, 0.2) is 18.2 Å². The summed E-state index contributed by atoms with van der Waals surface area (Å²) in [7, 11) is 0. The maximum atomic E-state index is 11.9. The molecular weight excluding hydrogens is 248 g/mol. The van der Waals surface area contributed by atoms with E-state index in [1.54, 1.807) is 6.07 Å². The van der Waals surface area contributed by atoms with Gasteiger partial charge in [0.05, 0.1) is 6.04 Å². The van der Waals surface area contributed by atoms with E-state index in [9.17, 15) is 4.79 Å². The molecule has 0 aliphatic heterocycles. The fourth-order valence-electron chi connectivity index (χ4n) is 1.43. The minimum atomic E-state index is -0.215. The van der Waals surface area contributed by atoms with E-state index in [4.69, 9.17) is 11.6 Å². The summed E-state index contributed by atoms with van der Waals surface area (Å²) in [6.45, 7) is 8.83. The summed E-state index contributed by atoms with van der Waals surface area (Å²) in [5.74, 6) is 0.477. The monoisotopic (exact) mass is 268 g/mol. The summed E-state index contributed by atoms with van der Waals surface area (Å²) in [5, 5.41) is 6.69. The average molecular weight is 269 g/mol. The molecule has 3 nitrogen and oxygen atoms in total. The Kier molecular flexibility index (Phi) is 5.63. The Balaban J connectivity index is 2.55. The van der Waals surface area contributed by atoms with Crippen LogP contribution in [0, 0.1) is 12.8 Å². The zero-order valence-corrected chi connectivity index (χ0v) is 12.1. The van der Waals surface area contributed by atoms with Crippen molar-refractivity contribution in [2.24, 2.45) is 5.92 Å². The number of hydrogen-bond acceptors (Lipinski definition) is 2. The van der Waals surface area contributed by atoms with Crippen molar-refractivity contribution >= 4 is 23.2 Å². The molecule has 0 saturated carbocycles. The van der Waals surface area contributed by atoms with E-state index in [2.05, 4.69) is 24.5 Å². The Hall–Kier alpha value is -1.06. The van der Waals surface area contributed by atoms with Gasteiger partial charge >= 0.3 is 0 Å². The second-order valence-corrected chi connectivity index (χ2v) is 5.38. The Bertz CT molecular complexity index is 418. The Labute approximate surface area is 114 Å². The van der Waals surface area contributed by atoms with Crippen molar-refractivity contribution in [3.8, 4) is 0 Å². The van der Waals surface area contributed by atoms with Crippen molar-refractivity contribution in [2.75, 3.05) is 11.9 Å². The van der Waals surface area contributed by atoms with E-state index in [1.807, 2.05) is 26.0 Å². The zero-order chi connectivity index (χ0) is 13.7. The summed E-state index contributed by atoms with van der Waals surface area (Å²) in [6, 6.07) is 5.30. The number of anilines is 1. The van der Waals surface area contributed by atoms with Crippen LogP contribution >= 0.6 is 11.6 Å². The third-order valence-electron chi connectivity index (χ3n) is 2.66. The number of halogens is 1. The van der Waals surface area contributed by atoms with Crippen LogP contribution in [0.5, 0.6) is 0 Å². The third kappa shape index (κ3) is 4.67. The van der Waals surface area contributed by atoms with Crippen molar-refractivity contribution in [2.45, 2.75) is 33.7 Å². The van der Waals surface area contributed by atoms with Gasteiger partial charge in [-0.05, 0) is 44.0 Å². The van der Waals surface area contributed by atoms with Gasteiger partial charge in [-0.3, -0.25) is 4.79 Å². The molecule has 0 heterocycles. The topological polar surface area (TPSA) is 41.1 Å². The molecule has 2 N–H and O–H groups in total. The van der Waals surface area contributed by atoms with Crippen LogP contribution in [-0.4, -0.2) is 18.5 Å². The highest BCUT2D eigenvalue weighted by atomic mass is 35.5. The highest BCUT2D eigenvalue weighted by Crippen LogP contribution is 2.19. The van der Waals surface area contributed by atoms with E-state index in [1.165, 1.54) is 0 Å². The molecule has 1 unspecified atom stereocenters. The van der Waals surface area contributed by atoms with Crippen molar-refractivity contribution in [1.82, 2.24) is 5.32 Å². The molecular formula is C14H21ClN2O. The average Bonchev–Trinajstić information content (AvgIpc) is 2.30. The smallest absolute Gasteiger partial charge is 0.241 e. The lowest BCUT2D eigenvalue weighted by atomic mass is 10.2. The summed E-state index contributed by atoms with van der Waals surface area (Å²) in [4.78, 5) is 11.9. The molecule has 0 aromatic heterocycles. The van der Waals surface area contributed by atoms with Crippen LogP contribution in [0.1, 0.15) is 26.3 Å². The van der Waals surface area contributed by atoms with Gasteiger partial charge in [0.15, 0.2) is 0 Å². The Morgan fingerprint density at radius 1 is 1.33 bits per heavy atom. The van der Waals surface area contributed by atoms with Crippen LogP contribution in [0.2, 0.25) is 5.02 Å². The van der Waals surface area contributed by atoms with Crippen molar-refractivity contribution < 1.29 is 4.79 Å². The molecule has 1 aromatic carbocycles. The fraction of sp³-hybridized carbons (Fsp3) is 0.500. The van der Waals surface area contributed by atoms with Crippen LogP contribution in [0.3, 0.4) is 0 Å². The Morgan fingerprint density at radius 2 is 2.00 bits per heavy atom. The third-order valence-corrected chi connectivity index (χ3v) is 3.07. The molecule has 0 aliphatic carbocycles. The zero-order valence-electron chi connectivity index (χ0n) is 11.4. The van der Waals surface area contributed by atoms with Crippen molar-refractivity contribution in [3.05, 3.63) is 28.8 Å². The van der Waals surface area contributed by atoms with E-state index in [0.29, 0.717) is 10.9 Å². The molecule has 1 amide bonds. The fourth-order valence-corrected chi connectivity index (χ4v) is 1.61.